The van der Waals surface area contributed by atoms with Gasteiger partial charge in [0.2, 0.25) is 23.5 Å². The van der Waals surface area contributed by atoms with E-state index in [0.29, 0.717) is 34.7 Å². The number of hydrogen-bond donors (Lipinski definition) is 0. The van der Waals surface area contributed by atoms with Crippen molar-refractivity contribution in [3.63, 3.8) is 0 Å². The average molecular weight is 537 g/mol. The lowest BCUT2D eigenvalue weighted by Gasteiger charge is -2.01. The Bertz CT molecular complexity index is 1990. The van der Waals surface area contributed by atoms with Crippen molar-refractivity contribution in [2.75, 3.05) is 0 Å². The summed E-state index contributed by atoms with van der Waals surface area (Å²) in [6.45, 7) is 0. The molecule has 0 N–H and O–H groups in total. The zero-order chi connectivity index (χ0) is 27.2. The number of hydrogen-bond acceptors (Lipinski definition) is 7. The average Bonchev–Trinajstić information content (AvgIpc) is 3.83. The fraction of sp³-hybridized carbons (Fsp3) is 0. The SMILES string of the molecule is c1ccc(-c2nc3cc(-n4ccc(Oc5ccn(-c6ccc7oc(-c8ccccc8)nc7c6)n5)n4)ccc3o2)cc1. The van der Waals surface area contributed by atoms with Gasteiger partial charge >= 0.3 is 0 Å². The van der Waals surface area contributed by atoms with Crippen LogP contribution in [0.4, 0.5) is 0 Å². The van der Waals surface area contributed by atoms with Crippen molar-refractivity contribution in [2.45, 2.75) is 0 Å². The van der Waals surface area contributed by atoms with Crippen molar-refractivity contribution in [3.05, 3.63) is 122 Å². The molecule has 196 valence electrons. The van der Waals surface area contributed by atoms with Gasteiger partial charge in [0.15, 0.2) is 11.2 Å². The fourth-order valence-electron chi connectivity index (χ4n) is 4.64. The molecule has 0 saturated carbocycles. The van der Waals surface area contributed by atoms with Crippen molar-refractivity contribution >= 4 is 22.2 Å². The van der Waals surface area contributed by atoms with E-state index in [0.717, 1.165) is 33.5 Å². The topological polar surface area (TPSA) is 96.9 Å². The summed E-state index contributed by atoms with van der Waals surface area (Å²) in [6.07, 6.45) is 3.66. The van der Waals surface area contributed by atoms with Crippen molar-refractivity contribution < 1.29 is 13.6 Å². The molecule has 9 heteroatoms. The molecular formula is C32H20N6O3. The minimum absolute atomic E-state index is 0.417. The van der Waals surface area contributed by atoms with Crippen LogP contribution < -0.4 is 4.74 Å². The van der Waals surface area contributed by atoms with E-state index in [-0.39, 0.29) is 0 Å². The molecule has 0 bridgehead atoms. The Kier molecular flexibility index (Phi) is 5.24. The zero-order valence-electron chi connectivity index (χ0n) is 21.5. The van der Waals surface area contributed by atoms with Crippen molar-refractivity contribution in [1.29, 1.82) is 0 Å². The summed E-state index contributed by atoms with van der Waals surface area (Å²) >= 11 is 0. The van der Waals surface area contributed by atoms with Crippen LogP contribution in [0.5, 0.6) is 11.8 Å². The van der Waals surface area contributed by atoms with Crippen LogP contribution in [0.1, 0.15) is 0 Å². The van der Waals surface area contributed by atoms with Crippen LogP contribution in [0, 0.1) is 0 Å². The quantitative estimate of drug-likeness (QED) is 0.217. The second-order valence-electron chi connectivity index (χ2n) is 9.37. The van der Waals surface area contributed by atoms with Gasteiger partial charge < -0.3 is 13.6 Å². The molecule has 8 rings (SSSR count). The second-order valence-corrected chi connectivity index (χ2v) is 9.37. The van der Waals surface area contributed by atoms with Gasteiger partial charge in [0.05, 0.1) is 11.4 Å². The fourth-order valence-corrected chi connectivity index (χ4v) is 4.64. The molecule has 0 amide bonds. The van der Waals surface area contributed by atoms with Crippen LogP contribution in [0.25, 0.3) is 56.5 Å². The summed E-state index contributed by atoms with van der Waals surface area (Å²) in [7, 11) is 0. The van der Waals surface area contributed by atoms with Gasteiger partial charge in [-0.15, -0.1) is 10.2 Å². The summed E-state index contributed by atoms with van der Waals surface area (Å²) < 4.78 is 21.3. The molecule has 0 aliphatic heterocycles. The van der Waals surface area contributed by atoms with Crippen LogP contribution in [-0.4, -0.2) is 29.5 Å². The molecule has 9 nitrogen and oxygen atoms in total. The van der Waals surface area contributed by atoms with Crippen LogP contribution >= 0.6 is 0 Å². The lowest BCUT2D eigenvalue weighted by Crippen LogP contribution is -1.97. The van der Waals surface area contributed by atoms with Crippen molar-refractivity contribution in [2.24, 2.45) is 0 Å². The number of nitrogens with zero attached hydrogens (tertiary/aromatic N) is 6. The van der Waals surface area contributed by atoms with Gasteiger partial charge in [0.1, 0.15) is 11.0 Å². The molecule has 0 aliphatic carbocycles. The monoisotopic (exact) mass is 536 g/mol. The van der Waals surface area contributed by atoms with E-state index in [1.165, 1.54) is 0 Å². The van der Waals surface area contributed by atoms with Crippen LogP contribution in [-0.2, 0) is 0 Å². The van der Waals surface area contributed by atoms with E-state index in [9.17, 15) is 0 Å². The number of aromatic nitrogens is 6. The minimum atomic E-state index is 0.417. The molecule has 41 heavy (non-hydrogen) atoms. The molecule has 0 aliphatic rings. The first-order valence-corrected chi connectivity index (χ1v) is 13.0. The molecule has 4 aromatic carbocycles. The van der Waals surface area contributed by atoms with Crippen molar-refractivity contribution in [3.8, 4) is 46.0 Å². The molecule has 4 heterocycles. The van der Waals surface area contributed by atoms with E-state index in [2.05, 4.69) is 20.2 Å². The predicted molar refractivity (Wildman–Crippen MR) is 153 cm³/mol. The Labute approximate surface area is 232 Å². The summed E-state index contributed by atoms with van der Waals surface area (Å²) in [5, 5.41) is 9.13. The number of benzene rings is 4. The third-order valence-electron chi connectivity index (χ3n) is 6.65. The maximum absolute atomic E-state index is 5.95. The Morgan fingerprint density at radius 1 is 0.512 bits per heavy atom. The molecule has 8 aromatic rings. The van der Waals surface area contributed by atoms with Gasteiger partial charge in [0, 0.05) is 35.7 Å². The van der Waals surface area contributed by atoms with E-state index < -0.39 is 0 Å². The predicted octanol–water partition coefficient (Wildman–Crippen LogP) is 7.47. The van der Waals surface area contributed by atoms with Gasteiger partial charge in [-0.2, -0.15) is 0 Å². The van der Waals surface area contributed by atoms with E-state index in [4.69, 9.17) is 13.6 Å². The largest absolute Gasteiger partial charge is 0.436 e. The van der Waals surface area contributed by atoms with Gasteiger partial charge in [-0.05, 0) is 60.7 Å². The van der Waals surface area contributed by atoms with Crippen molar-refractivity contribution in [1.82, 2.24) is 29.5 Å². The maximum atomic E-state index is 5.95. The second kappa shape index (κ2) is 9.35. The minimum Gasteiger partial charge on any atom is -0.436 e. The highest BCUT2D eigenvalue weighted by Gasteiger charge is 2.13. The molecule has 4 aromatic heterocycles. The third-order valence-corrected chi connectivity index (χ3v) is 6.65. The molecule has 0 saturated heterocycles. The molecule has 0 fully saturated rings. The van der Waals surface area contributed by atoms with Gasteiger partial charge in [0.25, 0.3) is 0 Å². The van der Waals surface area contributed by atoms with E-state index in [1.54, 1.807) is 21.5 Å². The standard InChI is InChI=1S/C32H20N6O3/c1-3-7-21(8-4-1)31-33-25-19-23(11-13-27(25)39-31)37-17-15-29(35-37)41-30-16-18-38(36-30)24-12-14-28-26(20-24)34-32(40-28)22-9-5-2-6-10-22/h1-20H. The highest BCUT2D eigenvalue weighted by molar-refractivity contribution is 5.79. The smallest absolute Gasteiger partial charge is 0.240 e. The number of rotatable bonds is 6. The van der Waals surface area contributed by atoms with Crippen LogP contribution in [0.2, 0.25) is 0 Å². The number of ether oxygens (including phenoxy) is 1. The van der Waals surface area contributed by atoms with E-state index >= 15 is 0 Å². The normalized spacial score (nSPS) is 11.4. The summed E-state index contributed by atoms with van der Waals surface area (Å²) in [5.41, 5.74) is 6.44. The Morgan fingerprint density at radius 2 is 0.976 bits per heavy atom. The van der Waals surface area contributed by atoms with Gasteiger partial charge in [-0.3, -0.25) is 0 Å². The van der Waals surface area contributed by atoms with E-state index in [1.807, 2.05) is 109 Å². The maximum Gasteiger partial charge on any atom is 0.240 e. The van der Waals surface area contributed by atoms with Gasteiger partial charge in [-0.1, -0.05) is 36.4 Å². The highest BCUT2D eigenvalue weighted by atomic mass is 16.5. The molecule has 0 atom stereocenters. The zero-order valence-corrected chi connectivity index (χ0v) is 21.5. The first-order chi connectivity index (χ1) is 20.2. The third kappa shape index (κ3) is 4.31. The lowest BCUT2D eigenvalue weighted by atomic mass is 10.2. The molecular weight excluding hydrogens is 516 g/mol. The van der Waals surface area contributed by atoms with Gasteiger partial charge in [-0.25, -0.2) is 19.3 Å². The highest BCUT2D eigenvalue weighted by Crippen LogP contribution is 2.28. The molecule has 0 unspecified atom stereocenters. The van der Waals surface area contributed by atoms with Crippen LogP contribution in [0.15, 0.2) is 130 Å². The molecule has 0 spiro atoms. The summed E-state index contributed by atoms with van der Waals surface area (Å²) in [6, 6.07) is 34.7. The first kappa shape index (κ1) is 23.0. The Balaban J connectivity index is 1.01. The van der Waals surface area contributed by atoms with Crippen LogP contribution in [0.3, 0.4) is 0 Å². The summed E-state index contributed by atoms with van der Waals surface area (Å²) in [5.74, 6) is 1.99. The lowest BCUT2D eigenvalue weighted by molar-refractivity contribution is 0.435. The first-order valence-electron chi connectivity index (χ1n) is 13.0. The number of oxazole rings is 2. The Morgan fingerprint density at radius 3 is 1.44 bits per heavy atom. The molecule has 0 radical (unpaired) electrons. The Hall–Kier alpha value is -5.96. The number of fused-ring (bicyclic) bond motifs is 2. The summed E-state index contributed by atoms with van der Waals surface area (Å²) in [4.78, 5) is 9.30.